The van der Waals surface area contributed by atoms with E-state index in [1.165, 1.54) is 4.73 Å². The van der Waals surface area contributed by atoms with E-state index in [1.807, 2.05) is 45.0 Å². The Kier molecular flexibility index (Phi) is 4.22. The minimum absolute atomic E-state index is 0.169. The van der Waals surface area contributed by atoms with Crippen LogP contribution in [0, 0.1) is 13.8 Å². The Morgan fingerprint density at radius 3 is 2.04 bits per heavy atom. The van der Waals surface area contributed by atoms with Gasteiger partial charge in [-0.2, -0.15) is 4.73 Å². The molecular formula is C18H22NO3P. The van der Waals surface area contributed by atoms with Crippen LogP contribution in [0.1, 0.15) is 30.9 Å². The van der Waals surface area contributed by atoms with Crippen molar-refractivity contribution in [3.63, 3.8) is 0 Å². The quantitative estimate of drug-likeness (QED) is 0.682. The van der Waals surface area contributed by atoms with Crippen LogP contribution >= 0.6 is 7.60 Å². The van der Waals surface area contributed by atoms with Gasteiger partial charge in [-0.3, -0.25) is 0 Å². The monoisotopic (exact) mass is 331 g/mol. The van der Waals surface area contributed by atoms with Crippen molar-refractivity contribution >= 4 is 29.4 Å². The van der Waals surface area contributed by atoms with E-state index in [9.17, 15) is 9.46 Å². The molecule has 0 radical (unpaired) electrons. The van der Waals surface area contributed by atoms with Gasteiger partial charge in [0.2, 0.25) is 0 Å². The predicted molar refractivity (Wildman–Crippen MR) is 95.1 cm³/mol. The first kappa shape index (κ1) is 16.1. The third-order valence-corrected chi connectivity index (χ3v) is 5.34. The maximum atomic E-state index is 12.4. The van der Waals surface area contributed by atoms with Gasteiger partial charge in [-0.05, 0) is 44.5 Å². The highest BCUT2D eigenvalue weighted by Crippen LogP contribution is 2.41. The number of unbranched alkanes of at least 4 members (excludes halogenated alkanes) is 1. The van der Waals surface area contributed by atoms with Crippen molar-refractivity contribution in [1.29, 1.82) is 0 Å². The summed E-state index contributed by atoms with van der Waals surface area (Å²) in [5.74, 6) is 0. The van der Waals surface area contributed by atoms with Gasteiger partial charge < -0.3 is 9.52 Å². The van der Waals surface area contributed by atoms with E-state index in [0.29, 0.717) is 6.42 Å². The second-order valence-electron chi connectivity index (χ2n) is 6.13. The Morgan fingerprint density at radius 2 is 1.57 bits per heavy atom. The third kappa shape index (κ3) is 3.15. The molecule has 0 fully saturated rings. The van der Waals surface area contributed by atoms with Gasteiger partial charge in [-0.25, -0.2) is 4.57 Å². The van der Waals surface area contributed by atoms with Crippen LogP contribution in [0.25, 0.3) is 21.8 Å². The lowest BCUT2D eigenvalue weighted by Crippen LogP contribution is -2.10. The maximum Gasteiger partial charge on any atom is 0.395 e. The van der Waals surface area contributed by atoms with Crippen LogP contribution in [0.2, 0.25) is 0 Å². The molecule has 1 aromatic heterocycles. The molecule has 122 valence electrons. The minimum Gasteiger partial charge on any atom is -0.332 e. The summed E-state index contributed by atoms with van der Waals surface area (Å²) >= 11 is 0. The fourth-order valence-electron chi connectivity index (χ4n) is 2.83. The van der Waals surface area contributed by atoms with Crippen LogP contribution in [-0.2, 0) is 4.57 Å². The molecule has 5 heteroatoms. The highest BCUT2D eigenvalue weighted by molar-refractivity contribution is 7.53. The number of aryl methyl sites for hydroxylation is 2. The van der Waals surface area contributed by atoms with E-state index in [0.717, 1.165) is 39.4 Å². The van der Waals surface area contributed by atoms with E-state index in [-0.39, 0.29) is 6.16 Å². The first-order valence-corrected chi connectivity index (χ1v) is 9.71. The van der Waals surface area contributed by atoms with Gasteiger partial charge in [0.15, 0.2) is 0 Å². The van der Waals surface area contributed by atoms with Crippen molar-refractivity contribution in [2.24, 2.45) is 0 Å². The summed E-state index contributed by atoms with van der Waals surface area (Å²) in [6.45, 7) is 6.07. The minimum atomic E-state index is -3.67. The summed E-state index contributed by atoms with van der Waals surface area (Å²) in [6.07, 6.45) is 1.70. The van der Waals surface area contributed by atoms with Gasteiger partial charge in [0.25, 0.3) is 0 Å². The topological polar surface area (TPSA) is 51.5 Å². The van der Waals surface area contributed by atoms with Gasteiger partial charge in [0.05, 0.1) is 17.2 Å². The Bertz CT molecular complexity index is 854. The van der Waals surface area contributed by atoms with E-state index < -0.39 is 7.60 Å². The molecule has 1 N–H and O–H groups in total. The lowest BCUT2D eigenvalue weighted by atomic mass is 10.1. The first-order valence-electron chi connectivity index (χ1n) is 7.94. The number of benzene rings is 2. The van der Waals surface area contributed by atoms with Crippen LogP contribution in [-0.4, -0.2) is 15.8 Å². The molecule has 0 amide bonds. The average molecular weight is 331 g/mol. The van der Waals surface area contributed by atoms with Crippen molar-refractivity contribution in [3.05, 3.63) is 47.5 Å². The number of rotatable bonds is 5. The number of fused-ring (bicyclic) bond motifs is 3. The molecule has 0 aliphatic rings. The van der Waals surface area contributed by atoms with E-state index in [2.05, 4.69) is 12.1 Å². The van der Waals surface area contributed by atoms with E-state index >= 15 is 0 Å². The predicted octanol–water partition coefficient (Wildman–Crippen LogP) is 4.83. The summed E-state index contributed by atoms with van der Waals surface area (Å²) in [6, 6.07) is 12.0. The molecule has 1 heterocycles. The Balaban J connectivity index is 2.20. The molecule has 2 aromatic carbocycles. The van der Waals surface area contributed by atoms with Gasteiger partial charge in [0.1, 0.15) is 0 Å². The zero-order valence-electron chi connectivity index (χ0n) is 13.7. The van der Waals surface area contributed by atoms with Crippen molar-refractivity contribution in [3.8, 4) is 0 Å². The fraction of sp³-hybridized carbons (Fsp3) is 0.333. The van der Waals surface area contributed by atoms with Crippen LogP contribution in [0.4, 0.5) is 0 Å². The van der Waals surface area contributed by atoms with Gasteiger partial charge >= 0.3 is 7.60 Å². The molecule has 4 nitrogen and oxygen atoms in total. The Hall–Kier alpha value is -1.77. The zero-order chi connectivity index (χ0) is 16.6. The van der Waals surface area contributed by atoms with Crippen LogP contribution in [0.3, 0.4) is 0 Å². The highest BCUT2D eigenvalue weighted by atomic mass is 31.2. The standard InChI is InChI=1S/C18H22NO3P/c1-4-5-10-23(20,21)22-19-17-8-6-13(2)11-15(17)16-12-14(3)7-9-18(16)19/h6-9,11-12H,4-5,10H2,1-3H3,(H,20,21). The lowest BCUT2D eigenvalue weighted by Gasteiger charge is -2.15. The summed E-state index contributed by atoms with van der Waals surface area (Å²) in [5.41, 5.74) is 3.94. The molecule has 23 heavy (non-hydrogen) atoms. The SMILES string of the molecule is CCCCP(=O)(O)On1c2ccc(C)cc2c2cc(C)ccc21. The molecule has 1 unspecified atom stereocenters. The zero-order valence-corrected chi connectivity index (χ0v) is 14.6. The van der Waals surface area contributed by atoms with Crippen molar-refractivity contribution in [2.75, 3.05) is 6.16 Å². The summed E-state index contributed by atoms with van der Waals surface area (Å²) < 4.78 is 19.5. The number of hydrogen-bond donors (Lipinski definition) is 1. The fourth-order valence-corrected chi connectivity index (χ4v) is 4.06. The van der Waals surface area contributed by atoms with Crippen molar-refractivity contribution < 1.29 is 14.1 Å². The molecule has 0 saturated heterocycles. The Morgan fingerprint density at radius 1 is 1.04 bits per heavy atom. The Labute approximate surface area is 136 Å². The van der Waals surface area contributed by atoms with Crippen molar-refractivity contribution in [1.82, 2.24) is 4.73 Å². The molecule has 3 rings (SSSR count). The highest BCUT2D eigenvalue weighted by Gasteiger charge is 2.23. The number of nitrogens with zero attached hydrogens (tertiary/aromatic N) is 1. The van der Waals surface area contributed by atoms with Crippen LogP contribution in [0.5, 0.6) is 0 Å². The largest absolute Gasteiger partial charge is 0.395 e. The first-order chi connectivity index (χ1) is 10.9. The smallest absolute Gasteiger partial charge is 0.332 e. The van der Waals surface area contributed by atoms with Crippen molar-refractivity contribution in [2.45, 2.75) is 33.6 Å². The summed E-state index contributed by atoms with van der Waals surface area (Å²) in [4.78, 5) is 10.2. The second kappa shape index (κ2) is 6.03. The third-order valence-electron chi connectivity index (χ3n) is 4.04. The summed E-state index contributed by atoms with van der Waals surface area (Å²) in [5, 5.41) is 2.08. The number of aromatic nitrogens is 1. The number of hydrogen-bond acceptors (Lipinski definition) is 2. The maximum absolute atomic E-state index is 12.4. The molecule has 0 bridgehead atoms. The normalized spacial score (nSPS) is 14.3. The van der Waals surface area contributed by atoms with Crippen LogP contribution in [0.15, 0.2) is 36.4 Å². The van der Waals surface area contributed by atoms with E-state index in [4.69, 9.17) is 4.62 Å². The molecule has 0 aliphatic carbocycles. The molecule has 3 aromatic rings. The summed E-state index contributed by atoms with van der Waals surface area (Å²) in [7, 11) is -3.67. The van der Waals surface area contributed by atoms with Gasteiger partial charge in [-0.15, -0.1) is 0 Å². The molecule has 0 spiro atoms. The molecule has 0 saturated carbocycles. The molecule has 0 aliphatic heterocycles. The van der Waals surface area contributed by atoms with Crippen LogP contribution < -0.4 is 4.62 Å². The molecular weight excluding hydrogens is 309 g/mol. The van der Waals surface area contributed by atoms with Gasteiger partial charge in [-0.1, -0.05) is 36.6 Å². The van der Waals surface area contributed by atoms with Gasteiger partial charge in [0, 0.05) is 10.8 Å². The second-order valence-corrected chi connectivity index (χ2v) is 8.02. The lowest BCUT2D eigenvalue weighted by molar-refractivity contribution is 0.250. The molecule has 1 atom stereocenters. The van der Waals surface area contributed by atoms with E-state index in [1.54, 1.807) is 0 Å². The average Bonchev–Trinajstić information content (AvgIpc) is 2.78.